The number of carbonyl (C=O) groups excluding carboxylic acids is 1. The SMILES string of the molecule is C=C(F)C(=O)NC(c1ncc(C)s1)C1CC1. The van der Waals surface area contributed by atoms with Gasteiger partial charge in [0.15, 0.2) is 5.83 Å². The maximum Gasteiger partial charge on any atom is 0.279 e. The number of rotatable bonds is 4. The number of hydrogen-bond acceptors (Lipinski definition) is 3. The fraction of sp³-hybridized carbons (Fsp3) is 0.455. The minimum atomic E-state index is -0.945. The Kier molecular flexibility index (Phi) is 3.05. The summed E-state index contributed by atoms with van der Waals surface area (Å²) in [4.78, 5) is 16.6. The molecule has 0 aromatic carbocycles. The Morgan fingerprint density at radius 3 is 2.88 bits per heavy atom. The fourth-order valence-electron chi connectivity index (χ4n) is 1.55. The molecule has 5 heteroatoms. The highest BCUT2D eigenvalue weighted by atomic mass is 32.1. The summed E-state index contributed by atoms with van der Waals surface area (Å²) in [7, 11) is 0. The second-order valence-electron chi connectivity index (χ2n) is 4.00. The molecule has 1 saturated carbocycles. The zero-order chi connectivity index (χ0) is 11.7. The summed E-state index contributed by atoms with van der Waals surface area (Å²) in [5.41, 5.74) is 0. The normalized spacial score (nSPS) is 16.9. The number of nitrogens with one attached hydrogen (secondary N) is 1. The van der Waals surface area contributed by atoms with Crippen LogP contribution in [0, 0.1) is 12.8 Å². The van der Waals surface area contributed by atoms with Gasteiger partial charge in [-0.1, -0.05) is 6.58 Å². The van der Waals surface area contributed by atoms with Crippen molar-refractivity contribution in [3.63, 3.8) is 0 Å². The van der Waals surface area contributed by atoms with Crippen molar-refractivity contribution in [1.29, 1.82) is 0 Å². The van der Waals surface area contributed by atoms with E-state index in [0.717, 1.165) is 22.7 Å². The molecule has 1 aliphatic rings. The van der Waals surface area contributed by atoms with E-state index in [1.165, 1.54) is 11.3 Å². The molecule has 1 amide bonds. The Morgan fingerprint density at radius 2 is 2.44 bits per heavy atom. The molecular weight excluding hydrogens is 227 g/mol. The van der Waals surface area contributed by atoms with Crippen LogP contribution >= 0.6 is 11.3 Å². The zero-order valence-electron chi connectivity index (χ0n) is 9.00. The number of aromatic nitrogens is 1. The smallest absolute Gasteiger partial charge is 0.279 e. The summed E-state index contributed by atoms with van der Waals surface area (Å²) in [6.07, 6.45) is 3.89. The van der Waals surface area contributed by atoms with Gasteiger partial charge in [-0.3, -0.25) is 4.79 Å². The first-order valence-electron chi connectivity index (χ1n) is 5.15. The van der Waals surface area contributed by atoms with Crippen LogP contribution in [0.4, 0.5) is 4.39 Å². The van der Waals surface area contributed by atoms with Crippen molar-refractivity contribution in [2.45, 2.75) is 25.8 Å². The van der Waals surface area contributed by atoms with E-state index in [2.05, 4.69) is 16.9 Å². The molecule has 16 heavy (non-hydrogen) atoms. The molecule has 1 aliphatic carbocycles. The molecule has 2 rings (SSSR count). The van der Waals surface area contributed by atoms with E-state index in [-0.39, 0.29) is 6.04 Å². The van der Waals surface area contributed by atoms with Gasteiger partial charge in [0.25, 0.3) is 5.91 Å². The molecule has 1 unspecified atom stereocenters. The van der Waals surface area contributed by atoms with Crippen molar-refractivity contribution < 1.29 is 9.18 Å². The molecule has 1 heterocycles. The first kappa shape index (κ1) is 11.3. The van der Waals surface area contributed by atoms with Crippen molar-refractivity contribution in [1.82, 2.24) is 10.3 Å². The van der Waals surface area contributed by atoms with Gasteiger partial charge in [0, 0.05) is 11.1 Å². The highest BCUT2D eigenvalue weighted by molar-refractivity contribution is 7.11. The Balaban J connectivity index is 2.11. The van der Waals surface area contributed by atoms with Gasteiger partial charge < -0.3 is 5.32 Å². The van der Waals surface area contributed by atoms with E-state index in [9.17, 15) is 9.18 Å². The summed E-state index contributed by atoms with van der Waals surface area (Å²) in [5, 5.41) is 3.50. The van der Waals surface area contributed by atoms with Gasteiger partial charge in [0.1, 0.15) is 5.01 Å². The van der Waals surface area contributed by atoms with Crippen molar-refractivity contribution in [2.24, 2.45) is 5.92 Å². The van der Waals surface area contributed by atoms with Gasteiger partial charge in [0.05, 0.1) is 6.04 Å². The van der Waals surface area contributed by atoms with Crippen LogP contribution in [0.3, 0.4) is 0 Å². The lowest BCUT2D eigenvalue weighted by molar-refractivity contribution is -0.119. The maximum absolute atomic E-state index is 12.6. The van der Waals surface area contributed by atoms with Crippen LogP contribution in [0.15, 0.2) is 18.6 Å². The molecule has 1 aromatic heterocycles. The number of hydrogen-bond donors (Lipinski definition) is 1. The summed E-state index contributed by atoms with van der Waals surface area (Å²) in [6, 6.07) is -0.154. The van der Waals surface area contributed by atoms with Gasteiger partial charge in [0.2, 0.25) is 0 Å². The van der Waals surface area contributed by atoms with E-state index < -0.39 is 11.7 Å². The highest BCUT2D eigenvalue weighted by Crippen LogP contribution is 2.42. The Hall–Kier alpha value is -1.23. The molecule has 0 saturated heterocycles. The average Bonchev–Trinajstić information content (AvgIpc) is 2.97. The molecule has 1 fully saturated rings. The predicted molar refractivity (Wildman–Crippen MR) is 60.7 cm³/mol. The van der Waals surface area contributed by atoms with E-state index in [0.29, 0.717) is 5.92 Å². The number of amides is 1. The van der Waals surface area contributed by atoms with Gasteiger partial charge in [-0.15, -0.1) is 11.3 Å². The number of carbonyl (C=O) groups is 1. The highest BCUT2D eigenvalue weighted by Gasteiger charge is 2.35. The first-order chi connectivity index (χ1) is 7.58. The Morgan fingerprint density at radius 1 is 1.75 bits per heavy atom. The summed E-state index contributed by atoms with van der Waals surface area (Å²) in [5.74, 6) is -1.28. The number of thiazole rings is 1. The summed E-state index contributed by atoms with van der Waals surface area (Å²) in [6.45, 7) is 4.95. The third-order valence-electron chi connectivity index (χ3n) is 2.53. The molecule has 0 radical (unpaired) electrons. The zero-order valence-corrected chi connectivity index (χ0v) is 9.81. The van der Waals surface area contributed by atoms with Crippen LogP contribution in [-0.4, -0.2) is 10.9 Å². The van der Waals surface area contributed by atoms with Crippen molar-refractivity contribution in [3.8, 4) is 0 Å². The van der Waals surface area contributed by atoms with Crippen LogP contribution in [0.5, 0.6) is 0 Å². The van der Waals surface area contributed by atoms with Gasteiger partial charge in [-0.25, -0.2) is 9.37 Å². The van der Waals surface area contributed by atoms with Crippen LogP contribution in [0.1, 0.15) is 28.8 Å². The largest absolute Gasteiger partial charge is 0.341 e. The number of aryl methyl sites for hydroxylation is 1. The topological polar surface area (TPSA) is 42.0 Å². The molecular formula is C11H13FN2OS. The van der Waals surface area contributed by atoms with Crippen molar-refractivity contribution in [3.05, 3.63) is 28.5 Å². The summed E-state index contributed by atoms with van der Waals surface area (Å²) >= 11 is 1.54. The molecule has 86 valence electrons. The lowest BCUT2D eigenvalue weighted by Crippen LogP contribution is -2.29. The predicted octanol–water partition coefficient (Wildman–Crippen LogP) is 2.50. The van der Waals surface area contributed by atoms with E-state index in [1.807, 2.05) is 6.92 Å². The molecule has 0 aliphatic heterocycles. The van der Waals surface area contributed by atoms with Gasteiger partial charge >= 0.3 is 0 Å². The third kappa shape index (κ3) is 2.47. The van der Waals surface area contributed by atoms with Crippen molar-refractivity contribution >= 4 is 17.2 Å². The number of halogens is 1. The standard InChI is InChI=1S/C11H13FN2OS/c1-6-5-13-11(16-6)9(8-3-4-8)14-10(15)7(2)12/h5,8-9H,2-4H2,1H3,(H,14,15). The lowest BCUT2D eigenvalue weighted by Gasteiger charge is -2.14. The van der Waals surface area contributed by atoms with Gasteiger partial charge in [-0.2, -0.15) is 0 Å². The molecule has 0 spiro atoms. The fourth-order valence-corrected chi connectivity index (χ4v) is 2.47. The third-order valence-corrected chi connectivity index (χ3v) is 3.53. The van der Waals surface area contributed by atoms with Crippen LogP contribution in [0.2, 0.25) is 0 Å². The van der Waals surface area contributed by atoms with E-state index >= 15 is 0 Å². The molecule has 1 N–H and O–H groups in total. The Labute approximate surface area is 97.4 Å². The van der Waals surface area contributed by atoms with E-state index in [1.54, 1.807) is 6.20 Å². The van der Waals surface area contributed by atoms with Crippen LogP contribution in [0.25, 0.3) is 0 Å². The minimum Gasteiger partial charge on any atom is -0.341 e. The van der Waals surface area contributed by atoms with E-state index in [4.69, 9.17) is 0 Å². The summed E-state index contributed by atoms with van der Waals surface area (Å²) < 4.78 is 12.6. The monoisotopic (exact) mass is 240 g/mol. The Bertz CT molecular complexity index is 425. The van der Waals surface area contributed by atoms with Crippen molar-refractivity contribution in [2.75, 3.05) is 0 Å². The molecule has 1 atom stereocenters. The molecule has 1 aromatic rings. The minimum absolute atomic E-state index is 0.154. The first-order valence-corrected chi connectivity index (χ1v) is 5.97. The lowest BCUT2D eigenvalue weighted by atomic mass is 10.2. The molecule has 3 nitrogen and oxygen atoms in total. The molecule has 0 bridgehead atoms. The van der Waals surface area contributed by atoms with Crippen LogP contribution in [-0.2, 0) is 4.79 Å². The average molecular weight is 240 g/mol. The van der Waals surface area contributed by atoms with Crippen LogP contribution < -0.4 is 5.32 Å². The second kappa shape index (κ2) is 4.33. The quantitative estimate of drug-likeness (QED) is 0.822. The second-order valence-corrected chi connectivity index (χ2v) is 5.27. The number of nitrogens with zero attached hydrogens (tertiary/aromatic N) is 1. The van der Waals surface area contributed by atoms with Gasteiger partial charge in [-0.05, 0) is 25.7 Å². The maximum atomic E-state index is 12.6.